The van der Waals surface area contributed by atoms with Gasteiger partial charge in [-0.15, -0.1) is 0 Å². The molecule has 3 rings (SSSR count). The van der Waals surface area contributed by atoms with Crippen LogP contribution in [0.3, 0.4) is 0 Å². The molecule has 4 heteroatoms. The minimum absolute atomic E-state index is 0.0749. The Hall–Kier alpha value is -1.00. The highest BCUT2D eigenvalue weighted by Gasteiger charge is 2.45. The fourth-order valence-electron chi connectivity index (χ4n) is 3.68. The molecule has 1 saturated heterocycles. The van der Waals surface area contributed by atoms with E-state index >= 15 is 0 Å². The first kappa shape index (κ1) is 13.0. The van der Waals surface area contributed by atoms with E-state index in [1.165, 1.54) is 12.1 Å². The molecule has 2 fully saturated rings. The van der Waals surface area contributed by atoms with Crippen molar-refractivity contribution in [2.24, 2.45) is 5.92 Å². The number of piperidine rings is 1. The molecule has 0 unspecified atom stereocenters. The smallest absolute Gasteiger partial charge is 0.159 e. The molecule has 1 aliphatic heterocycles. The van der Waals surface area contributed by atoms with Gasteiger partial charge < -0.3 is 10.4 Å². The van der Waals surface area contributed by atoms with Gasteiger partial charge in [-0.3, -0.25) is 0 Å². The highest BCUT2D eigenvalue weighted by Crippen LogP contribution is 2.45. The highest BCUT2D eigenvalue weighted by atomic mass is 19.2. The summed E-state index contributed by atoms with van der Waals surface area (Å²) < 4.78 is 26.4. The molecule has 1 saturated carbocycles. The molecule has 0 aromatic heterocycles. The maximum Gasteiger partial charge on any atom is 0.159 e. The van der Waals surface area contributed by atoms with E-state index in [1.54, 1.807) is 6.07 Å². The first-order valence-electron chi connectivity index (χ1n) is 7.01. The van der Waals surface area contributed by atoms with E-state index < -0.39 is 17.2 Å². The molecule has 1 aromatic rings. The van der Waals surface area contributed by atoms with Crippen molar-refractivity contribution in [1.29, 1.82) is 0 Å². The summed E-state index contributed by atoms with van der Waals surface area (Å²) in [6.07, 6.45) is 4.65. The molecule has 1 heterocycles. The first-order valence-corrected chi connectivity index (χ1v) is 7.01. The van der Waals surface area contributed by atoms with Crippen molar-refractivity contribution in [2.75, 3.05) is 6.54 Å². The van der Waals surface area contributed by atoms with Crippen molar-refractivity contribution in [3.8, 4) is 0 Å². The van der Waals surface area contributed by atoms with Gasteiger partial charge in [0.05, 0.1) is 5.60 Å². The third kappa shape index (κ3) is 2.28. The predicted molar refractivity (Wildman–Crippen MR) is 68.6 cm³/mol. The molecule has 19 heavy (non-hydrogen) atoms. The lowest BCUT2D eigenvalue weighted by atomic mass is 9.67. The Morgan fingerprint density at radius 2 is 2.00 bits per heavy atom. The van der Waals surface area contributed by atoms with Crippen LogP contribution in [0.4, 0.5) is 8.78 Å². The van der Waals surface area contributed by atoms with Crippen molar-refractivity contribution in [2.45, 2.75) is 43.7 Å². The topological polar surface area (TPSA) is 32.3 Å². The van der Waals surface area contributed by atoms with Crippen molar-refractivity contribution < 1.29 is 13.9 Å². The lowest BCUT2D eigenvalue weighted by Crippen LogP contribution is -2.53. The lowest BCUT2D eigenvalue weighted by Gasteiger charge is -2.48. The van der Waals surface area contributed by atoms with Crippen LogP contribution in [0.25, 0.3) is 0 Å². The van der Waals surface area contributed by atoms with Crippen LogP contribution in [-0.2, 0) is 0 Å². The van der Waals surface area contributed by atoms with Gasteiger partial charge in [0.1, 0.15) is 0 Å². The summed E-state index contributed by atoms with van der Waals surface area (Å²) in [5.74, 6) is -1.54. The van der Waals surface area contributed by atoms with Crippen molar-refractivity contribution in [3.05, 3.63) is 35.4 Å². The minimum atomic E-state index is -0.821. The van der Waals surface area contributed by atoms with Crippen LogP contribution in [0.2, 0.25) is 0 Å². The quantitative estimate of drug-likeness (QED) is 0.820. The van der Waals surface area contributed by atoms with Gasteiger partial charge in [0.25, 0.3) is 0 Å². The zero-order valence-corrected chi connectivity index (χ0v) is 10.8. The third-order valence-corrected chi connectivity index (χ3v) is 4.69. The molecule has 2 nitrogen and oxygen atoms in total. The monoisotopic (exact) mass is 267 g/mol. The summed E-state index contributed by atoms with van der Waals surface area (Å²) in [6.45, 7) is 0.719. The van der Waals surface area contributed by atoms with Crippen LogP contribution < -0.4 is 5.32 Å². The number of hydrogen-bond acceptors (Lipinski definition) is 2. The van der Waals surface area contributed by atoms with Crippen molar-refractivity contribution in [3.63, 3.8) is 0 Å². The SMILES string of the molecule is O[C@]12CCCC[C@H]1[C@H](c1ccc(F)c(F)c1)NCC2. The zero-order valence-electron chi connectivity index (χ0n) is 10.8. The Kier molecular flexibility index (Phi) is 3.31. The van der Waals surface area contributed by atoms with Gasteiger partial charge in [0, 0.05) is 12.0 Å². The molecule has 0 spiro atoms. The average Bonchev–Trinajstić information content (AvgIpc) is 2.40. The van der Waals surface area contributed by atoms with E-state index in [1.807, 2.05) is 0 Å². The first-order chi connectivity index (χ1) is 9.10. The van der Waals surface area contributed by atoms with Gasteiger partial charge in [0.15, 0.2) is 11.6 Å². The van der Waals surface area contributed by atoms with Crippen LogP contribution in [0.1, 0.15) is 43.7 Å². The molecular weight excluding hydrogens is 248 g/mol. The Bertz CT molecular complexity index is 475. The van der Waals surface area contributed by atoms with E-state index in [0.717, 1.165) is 44.2 Å². The van der Waals surface area contributed by atoms with E-state index in [2.05, 4.69) is 5.32 Å². The molecule has 1 aliphatic carbocycles. The average molecular weight is 267 g/mol. The molecule has 2 aliphatic rings. The van der Waals surface area contributed by atoms with Crippen LogP contribution >= 0.6 is 0 Å². The molecule has 1 aromatic carbocycles. The fourth-order valence-corrected chi connectivity index (χ4v) is 3.68. The van der Waals surface area contributed by atoms with Gasteiger partial charge in [-0.1, -0.05) is 18.9 Å². The molecule has 0 radical (unpaired) electrons. The molecule has 2 N–H and O–H groups in total. The zero-order chi connectivity index (χ0) is 13.5. The maximum atomic E-state index is 13.4. The van der Waals surface area contributed by atoms with Crippen LogP contribution in [0.15, 0.2) is 18.2 Å². The fraction of sp³-hybridized carbons (Fsp3) is 0.600. The van der Waals surface area contributed by atoms with Crippen LogP contribution in [0.5, 0.6) is 0 Å². The maximum absolute atomic E-state index is 13.4. The summed E-state index contributed by atoms with van der Waals surface area (Å²) in [6, 6.07) is 3.97. The molecule has 0 amide bonds. The second-order valence-corrected chi connectivity index (χ2v) is 5.81. The summed E-state index contributed by atoms with van der Waals surface area (Å²) in [5, 5.41) is 14.1. The minimum Gasteiger partial charge on any atom is -0.389 e. The number of aliphatic hydroxyl groups is 1. The highest BCUT2D eigenvalue weighted by molar-refractivity contribution is 5.24. The van der Waals surface area contributed by atoms with Gasteiger partial charge in [0.2, 0.25) is 0 Å². The number of fused-ring (bicyclic) bond motifs is 1. The largest absolute Gasteiger partial charge is 0.389 e. The van der Waals surface area contributed by atoms with Gasteiger partial charge in [-0.25, -0.2) is 8.78 Å². The van der Waals surface area contributed by atoms with Gasteiger partial charge in [-0.2, -0.15) is 0 Å². The van der Waals surface area contributed by atoms with Gasteiger partial charge >= 0.3 is 0 Å². The van der Waals surface area contributed by atoms with Crippen LogP contribution in [0, 0.1) is 17.6 Å². The number of rotatable bonds is 1. The van der Waals surface area contributed by atoms with E-state index in [0.29, 0.717) is 0 Å². The van der Waals surface area contributed by atoms with Gasteiger partial charge in [-0.05, 0) is 43.5 Å². The summed E-state index contributed by atoms with van der Waals surface area (Å²) in [4.78, 5) is 0. The molecular formula is C15H19F2NO. The second kappa shape index (κ2) is 4.84. The third-order valence-electron chi connectivity index (χ3n) is 4.69. The van der Waals surface area contributed by atoms with E-state index in [-0.39, 0.29) is 12.0 Å². The Balaban J connectivity index is 1.92. The van der Waals surface area contributed by atoms with Crippen molar-refractivity contribution in [1.82, 2.24) is 5.32 Å². The second-order valence-electron chi connectivity index (χ2n) is 5.81. The summed E-state index contributed by atoms with van der Waals surface area (Å²) >= 11 is 0. The summed E-state index contributed by atoms with van der Waals surface area (Å²) in [5.41, 5.74) is 0.0999. The Morgan fingerprint density at radius 1 is 1.16 bits per heavy atom. The van der Waals surface area contributed by atoms with E-state index in [4.69, 9.17) is 0 Å². The number of benzene rings is 1. The normalized spacial score (nSPS) is 34.9. The standard InChI is InChI=1S/C15H19F2NO/c16-12-5-4-10(9-13(12)17)14-11-3-1-2-6-15(11,19)7-8-18-14/h4-5,9,11,14,18-19H,1-3,6-8H2/t11-,14-,15-/m0/s1. The molecule has 0 bridgehead atoms. The summed E-state index contributed by atoms with van der Waals surface area (Å²) in [7, 11) is 0. The van der Waals surface area contributed by atoms with Crippen molar-refractivity contribution >= 4 is 0 Å². The molecule has 104 valence electrons. The molecule has 3 atom stereocenters. The van der Waals surface area contributed by atoms with E-state index in [9.17, 15) is 13.9 Å². The number of halogens is 2. The Morgan fingerprint density at radius 3 is 2.79 bits per heavy atom. The predicted octanol–water partition coefficient (Wildman–Crippen LogP) is 2.92. The van der Waals surface area contributed by atoms with Crippen LogP contribution in [-0.4, -0.2) is 17.3 Å². The number of nitrogens with one attached hydrogen (secondary N) is 1. The number of hydrogen-bond donors (Lipinski definition) is 2. The Labute approximate surface area is 111 Å². The lowest BCUT2D eigenvalue weighted by molar-refractivity contribution is -0.0861.